The first-order valence-corrected chi connectivity index (χ1v) is 9.69. The van der Waals surface area contributed by atoms with Crippen molar-refractivity contribution in [3.05, 3.63) is 56.4 Å². The Morgan fingerprint density at radius 2 is 1.96 bits per heavy atom. The summed E-state index contributed by atoms with van der Waals surface area (Å²) in [6, 6.07) is 6.30. The number of benzene rings is 1. The van der Waals surface area contributed by atoms with Gasteiger partial charge in [0.15, 0.2) is 0 Å². The molecule has 3 aromatic rings. The van der Waals surface area contributed by atoms with Gasteiger partial charge in [-0.15, -0.1) is 11.3 Å². The number of ether oxygens (including phenoxy) is 1. The van der Waals surface area contributed by atoms with Crippen molar-refractivity contribution in [2.45, 2.75) is 40.2 Å². The lowest BCUT2D eigenvalue weighted by Crippen LogP contribution is -2.26. The summed E-state index contributed by atoms with van der Waals surface area (Å²) in [5.41, 5.74) is 1.26. The molecule has 0 bridgehead atoms. The van der Waals surface area contributed by atoms with Crippen molar-refractivity contribution in [3.63, 3.8) is 0 Å². The third-order valence-electron chi connectivity index (χ3n) is 4.58. The number of rotatable bonds is 7. The van der Waals surface area contributed by atoms with Crippen molar-refractivity contribution in [1.82, 2.24) is 9.55 Å². The molecule has 0 aliphatic carbocycles. The minimum Gasteiger partial charge on any atom is -0.494 e. The molecule has 1 aromatic carbocycles. The van der Waals surface area contributed by atoms with E-state index in [0.29, 0.717) is 31.7 Å². The zero-order chi connectivity index (χ0) is 19.6. The summed E-state index contributed by atoms with van der Waals surface area (Å²) in [6.45, 7) is 6.95. The summed E-state index contributed by atoms with van der Waals surface area (Å²) in [7, 11) is 0. The number of thiophene rings is 1. The van der Waals surface area contributed by atoms with Crippen molar-refractivity contribution >= 4 is 27.5 Å². The highest BCUT2D eigenvalue weighted by Gasteiger charge is 2.15. The van der Waals surface area contributed by atoms with E-state index in [1.165, 1.54) is 12.1 Å². The van der Waals surface area contributed by atoms with Crippen LogP contribution in [0.4, 0.5) is 0 Å². The Morgan fingerprint density at radius 1 is 1.26 bits per heavy atom. The number of carboxylic acids is 1. The molecule has 1 N–H and O–H groups in total. The van der Waals surface area contributed by atoms with E-state index in [4.69, 9.17) is 9.84 Å². The van der Waals surface area contributed by atoms with E-state index in [-0.39, 0.29) is 11.1 Å². The SMILES string of the molecule is CCc1nc2sc(C)c(C)c2c(=O)n1CCCOc1ccc(C(=O)O)cc1. The van der Waals surface area contributed by atoms with Crippen LogP contribution in [0.15, 0.2) is 29.1 Å². The number of aromatic carboxylic acids is 1. The Kier molecular flexibility index (Phi) is 5.60. The van der Waals surface area contributed by atoms with Gasteiger partial charge in [0.05, 0.1) is 17.6 Å². The molecule has 0 atom stereocenters. The fraction of sp³-hybridized carbons (Fsp3) is 0.350. The predicted molar refractivity (Wildman–Crippen MR) is 106 cm³/mol. The molecule has 0 unspecified atom stereocenters. The van der Waals surface area contributed by atoms with Gasteiger partial charge < -0.3 is 9.84 Å². The van der Waals surface area contributed by atoms with Crippen LogP contribution in [0, 0.1) is 13.8 Å². The third-order valence-corrected chi connectivity index (χ3v) is 5.68. The van der Waals surface area contributed by atoms with E-state index in [1.54, 1.807) is 28.0 Å². The fourth-order valence-electron chi connectivity index (χ4n) is 2.98. The maximum Gasteiger partial charge on any atom is 0.335 e. The van der Waals surface area contributed by atoms with Crippen LogP contribution in [0.25, 0.3) is 10.2 Å². The smallest absolute Gasteiger partial charge is 0.335 e. The molecule has 0 radical (unpaired) electrons. The lowest BCUT2D eigenvalue weighted by molar-refractivity contribution is 0.0697. The van der Waals surface area contributed by atoms with Crippen LogP contribution >= 0.6 is 11.3 Å². The highest BCUT2D eigenvalue weighted by molar-refractivity contribution is 7.18. The second kappa shape index (κ2) is 7.92. The quantitative estimate of drug-likeness (QED) is 0.625. The number of hydrogen-bond acceptors (Lipinski definition) is 5. The van der Waals surface area contributed by atoms with E-state index < -0.39 is 5.97 Å². The molecule has 0 fully saturated rings. The van der Waals surface area contributed by atoms with Gasteiger partial charge in [-0.3, -0.25) is 9.36 Å². The first-order chi connectivity index (χ1) is 12.9. The Morgan fingerprint density at radius 3 is 2.59 bits per heavy atom. The summed E-state index contributed by atoms with van der Waals surface area (Å²) in [5.74, 6) is 0.440. The number of carboxylic acid groups (broad SMARTS) is 1. The van der Waals surface area contributed by atoms with Crippen LogP contribution in [0.1, 0.15) is 40.0 Å². The van der Waals surface area contributed by atoms with E-state index in [9.17, 15) is 9.59 Å². The van der Waals surface area contributed by atoms with Crippen molar-refractivity contribution in [2.75, 3.05) is 6.61 Å². The third kappa shape index (κ3) is 3.88. The van der Waals surface area contributed by atoms with Crippen molar-refractivity contribution < 1.29 is 14.6 Å². The molecule has 0 aliphatic heterocycles. The minimum atomic E-state index is -0.963. The van der Waals surface area contributed by atoms with Gasteiger partial charge in [-0.1, -0.05) is 6.92 Å². The fourth-order valence-corrected chi connectivity index (χ4v) is 4.01. The molecule has 0 spiro atoms. The van der Waals surface area contributed by atoms with Gasteiger partial charge in [0.1, 0.15) is 16.4 Å². The van der Waals surface area contributed by atoms with Crippen LogP contribution in [0.2, 0.25) is 0 Å². The molecule has 2 heterocycles. The van der Waals surface area contributed by atoms with Crippen molar-refractivity contribution in [2.24, 2.45) is 0 Å². The largest absolute Gasteiger partial charge is 0.494 e. The highest BCUT2D eigenvalue weighted by atomic mass is 32.1. The molecule has 0 saturated heterocycles. The lowest BCUT2D eigenvalue weighted by Gasteiger charge is -2.12. The predicted octanol–water partition coefficient (Wildman–Crippen LogP) is 3.80. The maximum atomic E-state index is 12.9. The first kappa shape index (κ1) is 19.1. The highest BCUT2D eigenvalue weighted by Crippen LogP contribution is 2.26. The Balaban J connectivity index is 1.71. The monoisotopic (exact) mass is 386 g/mol. The van der Waals surface area contributed by atoms with Gasteiger partial charge >= 0.3 is 5.97 Å². The lowest BCUT2D eigenvalue weighted by atomic mass is 10.2. The van der Waals surface area contributed by atoms with Gasteiger partial charge in [0, 0.05) is 17.8 Å². The summed E-state index contributed by atoms with van der Waals surface area (Å²) >= 11 is 1.57. The number of hydrogen-bond donors (Lipinski definition) is 1. The molecule has 3 rings (SSSR count). The van der Waals surface area contributed by atoms with Crippen LogP contribution in [-0.4, -0.2) is 27.2 Å². The standard InChI is InChI=1S/C20H22N2O4S/c1-4-16-21-18-17(12(2)13(3)27-18)19(23)22(16)10-5-11-26-15-8-6-14(7-9-15)20(24)25/h6-9H,4-5,10-11H2,1-3H3,(H,24,25). The summed E-state index contributed by atoms with van der Waals surface area (Å²) < 4.78 is 7.41. The number of nitrogens with zero attached hydrogens (tertiary/aromatic N) is 2. The number of carbonyl (C=O) groups is 1. The molecule has 0 amide bonds. The topological polar surface area (TPSA) is 81.4 Å². The van der Waals surface area contributed by atoms with Gasteiger partial charge in [0.2, 0.25) is 0 Å². The normalized spacial score (nSPS) is 11.1. The number of aryl methyl sites for hydroxylation is 3. The average Bonchev–Trinajstić information content (AvgIpc) is 2.94. The molecule has 6 nitrogen and oxygen atoms in total. The first-order valence-electron chi connectivity index (χ1n) is 8.88. The van der Waals surface area contributed by atoms with Crippen molar-refractivity contribution in [3.8, 4) is 5.75 Å². The zero-order valence-electron chi connectivity index (χ0n) is 15.6. The molecule has 7 heteroatoms. The van der Waals surface area contributed by atoms with E-state index in [1.807, 2.05) is 20.8 Å². The molecule has 0 aliphatic rings. The summed E-state index contributed by atoms with van der Waals surface area (Å²) in [5, 5.41) is 9.63. The molecule has 2 aromatic heterocycles. The molecular weight excluding hydrogens is 364 g/mol. The van der Waals surface area contributed by atoms with Crippen LogP contribution in [-0.2, 0) is 13.0 Å². The van der Waals surface area contributed by atoms with E-state index in [0.717, 1.165) is 26.5 Å². The number of fused-ring (bicyclic) bond motifs is 1. The molecule has 0 saturated carbocycles. The molecule has 142 valence electrons. The number of aromatic nitrogens is 2. The second-order valence-corrected chi connectivity index (χ2v) is 7.54. The zero-order valence-corrected chi connectivity index (χ0v) is 16.4. The van der Waals surface area contributed by atoms with Crippen LogP contribution < -0.4 is 10.3 Å². The van der Waals surface area contributed by atoms with Gasteiger partial charge in [-0.25, -0.2) is 9.78 Å². The van der Waals surface area contributed by atoms with Crippen molar-refractivity contribution in [1.29, 1.82) is 0 Å². The molecule has 27 heavy (non-hydrogen) atoms. The van der Waals surface area contributed by atoms with Gasteiger partial charge in [0.25, 0.3) is 5.56 Å². The second-order valence-electron chi connectivity index (χ2n) is 6.33. The Bertz CT molecular complexity index is 1030. The summed E-state index contributed by atoms with van der Waals surface area (Å²) in [6.07, 6.45) is 1.35. The van der Waals surface area contributed by atoms with E-state index >= 15 is 0 Å². The van der Waals surface area contributed by atoms with Crippen LogP contribution in [0.5, 0.6) is 5.75 Å². The van der Waals surface area contributed by atoms with Gasteiger partial charge in [-0.2, -0.15) is 0 Å². The minimum absolute atomic E-state index is 0.0181. The van der Waals surface area contributed by atoms with Crippen LogP contribution in [0.3, 0.4) is 0 Å². The summed E-state index contributed by atoms with van der Waals surface area (Å²) in [4.78, 5) is 30.4. The molecular formula is C20H22N2O4S. The van der Waals surface area contributed by atoms with E-state index in [2.05, 4.69) is 4.98 Å². The Labute approximate surface area is 161 Å². The Hall–Kier alpha value is -2.67. The van der Waals surface area contributed by atoms with Gasteiger partial charge in [-0.05, 0) is 50.1 Å². The average molecular weight is 386 g/mol. The maximum absolute atomic E-state index is 12.9.